The average Bonchev–Trinajstić information content (AvgIpc) is 3.21. The highest BCUT2D eigenvalue weighted by molar-refractivity contribution is 5.94. The number of carbonyl (C=O) groups excluding carboxylic acids is 1. The first-order valence-corrected chi connectivity index (χ1v) is 11.6. The third kappa shape index (κ3) is 5.57. The lowest BCUT2D eigenvalue weighted by Gasteiger charge is -2.12. The molecule has 0 atom stereocenters. The van der Waals surface area contributed by atoms with Crippen molar-refractivity contribution < 1.29 is 14.3 Å². The highest BCUT2D eigenvalue weighted by Gasteiger charge is 2.12. The molecule has 0 saturated heterocycles. The summed E-state index contributed by atoms with van der Waals surface area (Å²) in [7, 11) is 1.61. The molecule has 1 N–H and O–H groups in total. The van der Waals surface area contributed by atoms with Crippen LogP contribution < -0.4 is 14.8 Å². The van der Waals surface area contributed by atoms with Crippen molar-refractivity contribution in [3.63, 3.8) is 0 Å². The van der Waals surface area contributed by atoms with E-state index >= 15 is 0 Å². The first-order chi connectivity index (χ1) is 16.5. The predicted molar refractivity (Wildman–Crippen MR) is 135 cm³/mol. The van der Waals surface area contributed by atoms with E-state index in [2.05, 4.69) is 41.9 Å². The first-order valence-electron chi connectivity index (χ1n) is 11.6. The number of para-hydroxylation sites is 2. The molecule has 4 aromatic rings. The zero-order valence-corrected chi connectivity index (χ0v) is 20.0. The van der Waals surface area contributed by atoms with Gasteiger partial charge in [0.05, 0.1) is 24.7 Å². The average molecular weight is 458 g/mol. The molecule has 0 saturated carbocycles. The second-order valence-electron chi connectivity index (χ2n) is 8.47. The van der Waals surface area contributed by atoms with E-state index in [1.807, 2.05) is 30.3 Å². The fourth-order valence-corrected chi connectivity index (χ4v) is 3.90. The van der Waals surface area contributed by atoms with Crippen LogP contribution in [0.1, 0.15) is 41.5 Å². The summed E-state index contributed by atoms with van der Waals surface area (Å²) >= 11 is 0. The summed E-state index contributed by atoms with van der Waals surface area (Å²) in [6, 6.07) is 23.4. The zero-order valence-electron chi connectivity index (χ0n) is 20.0. The van der Waals surface area contributed by atoms with Gasteiger partial charge in [-0.2, -0.15) is 0 Å². The molecule has 1 heterocycles. The van der Waals surface area contributed by atoms with E-state index in [4.69, 9.17) is 14.5 Å². The molecule has 34 heavy (non-hydrogen) atoms. The van der Waals surface area contributed by atoms with Crippen LogP contribution >= 0.6 is 0 Å². The topological polar surface area (TPSA) is 65.4 Å². The lowest BCUT2D eigenvalue weighted by atomic mass is 10.0. The highest BCUT2D eigenvalue weighted by Crippen LogP contribution is 2.20. The number of nitrogens with zero attached hydrogens (tertiary/aromatic N) is 2. The molecule has 0 unspecified atom stereocenters. The molecule has 0 radical (unpaired) electrons. The van der Waals surface area contributed by atoms with Crippen LogP contribution in [0.4, 0.5) is 0 Å². The molecule has 3 aromatic carbocycles. The third-order valence-corrected chi connectivity index (χ3v) is 5.85. The van der Waals surface area contributed by atoms with Crippen molar-refractivity contribution in [2.75, 3.05) is 20.3 Å². The van der Waals surface area contributed by atoms with E-state index in [0.29, 0.717) is 37.6 Å². The van der Waals surface area contributed by atoms with Crippen molar-refractivity contribution in [1.82, 2.24) is 14.9 Å². The van der Waals surface area contributed by atoms with E-state index in [0.717, 1.165) is 28.4 Å². The standard InChI is InChI=1S/C28H31N3O3/c1-20(2)21-8-14-24(15-9-21)34-19-18-31-26-7-5-4-6-25(26)30-27(31)16-17-29-28(32)22-10-12-23(33-3)13-11-22/h4-15,20H,16-19H2,1-3H3,(H,29,32). The Balaban J connectivity index is 1.38. The Kier molecular flexibility index (Phi) is 7.48. The van der Waals surface area contributed by atoms with Crippen molar-refractivity contribution >= 4 is 16.9 Å². The minimum atomic E-state index is -0.113. The zero-order chi connectivity index (χ0) is 23.9. The number of imidazole rings is 1. The summed E-state index contributed by atoms with van der Waals surface area (Å²) in [6.45, 7) is 6.06. The third-order valence-electron chi connectivity index (χ3n) is 5.85. The molecule has 0 spiro atoms. The van der Waals surface area contributed by atoms with Crippen molar-refractivity contribution in [3.8, 4) is 11.5 Å². The van der Waals surface area contributed by atoms with Crippen LogP contribution in [-0.4, -0.2) is 35.7 Å². The largest absolute Gasteiger partial charge is 0.497 e. The molecular weight excluding hydrogens is 426 g/mol. The van der Waals surface area contributed by atoms with Crippen molar-refractivity contribution in [1.29, 1.82) is 0 Å². The first kappa shape index (κ1) is 23.4. The quantitative estimate of drug-likeness (QED) is 0.355. The van der Waals surface area contributed by atoms with Gasteiger partial charge < -0.3 is 19.4 Å². The van der Waals surface area contributed by atoms with E-state index in [9.17, 15) is 4.79 Å². The summed E-state index contributed by atoms with van der Waals surface area (Å²) in [5.41, 5.74) is 3.91. The van der Waals surface area contributed by atoms with Gasteiger partial charge in [0.15, 0.2) is 0 Å². The van der Waals surface area contributed by atoms with Gasteiger partial charge in [0.25, 0.3) is 5.91 Å². The molecule has 0 aliphatic carbocycles. The number of methoxy groups -OCH3 is 1. The number of benzene rings is 3. The number of rotatable bonds is 10. The van der Waals surface area contributed by atoms with Gasteiger partial charge in [0.1, 0.15) is 23.9 Å². The Morgan fingerprint density at radius 1 is 0.971 bits per heavy atom. The normalized spacial score (nSPS) is 11.1. The van der Waals surface area contributed by atoms with Crippen molar-refractivity contribution in [2.24, 2.45) is 0 Å². The van der Waals surface area contributed by atoms with Crippen molar-refractivity contribution in [2.45, 2.75) is 32.7 Å². The second kappa shape index (κ2) is 10.9. The van der Waals surface area contributed by atoms with Gasteiger partial charge in [-0.1, -0.05) is 38.1 Å². The SMILES string of the molecule is COc1ccc(C(=O)NCCc2nc3ccccc3n2CCOc2ccc(C(C)C)cc2)cc1. The van der Waals surface area contributed by atoms with Crippen LogP contribution in [0.15, 0.2) is 72.8 Å². The molecule has 0 bridgehead atoms. The maximum Gasteiger partial charge on any atom is 0.251 e. The Morgan fingerprint density at radius 3 is 2.38 bits per heavy atom. The fraction of sp³-hybridized carbons (Fsp3) is 0.286. The second-order valence-corrected chi connectivity index (χ2v) is 8.47. The van der Waals surface area contributed by atoms with Crippen LogP contribution in [0.2, 0.25) is 0 Å². The van der Waals surface area contributed by atoms with Gasteiger partial charge in [-0.15, -0.1) is 0 Å². The minimum absolute atomic E-state index is 0.113. The van der Waals surface area contributed by atoms with Gasteiger partial charge in [-0.25, -0.2) is 4.98 Å². The fourth-order valence-electron chi connectivity index (χ4n) is 3.90. The molecule has 176 valence electrons. The summed E-state index contributed by atoms with van der Waals surface area (Å²) in [5.74, 6) is 2.90. The Hall–Kier alpha value is -3.80. The summed E-state index contributed by atoms with van der Waals surface area (Å²) < 4.78 is 13.3. The van der Waals surface area contributed by atoms with Gasteiger partial charge in [0, 0.05) is 18.5 Å². The van der Waals surface area contributed by atoms with E-state index in [-0.39, 0.29) is 5.91 Å². The van der Waals surface area contributed by atoms with E-state index in [1.54, 1.807) is 31.4 Å². The molecular formula is C28H31N3O3. The van der Waals surface area contributed by atoms with Crippen LogP contribution in [0, 0.1) is 0 Å². The number of fused-ring (bicyclic) bond motifs is 1. The van der Waals surface area contributed by atoms with Crippen LogP contribution in [0.3, 0.4) is 0 Å². The maximum atomic E-state index is 12.5. The lowest BCUT2D eigenvalue weighted by molar-refractivity contribution is 0.0954. The lowest BCUT2D eigenvalue weighted by Crippen LogP contribution is -2.26. The molecule has 6 nitrogen and oxygen atoms in total. The number of amides is 1. The Bertz CT molecular complexity index is 1230. The predicted octanol–water partition coefficient (Wildman–Crippen LogP) is 5.22. The van der Waals surface area contributed by atoms with E-state index < -0.39 is 0 Å². The number of nitrogens with one attached hydrogen (secondary N) is 1. The molecule has 6 heteroatoms. The molecule has 1 aromatic heterocycles. The van der Waals surface area contributed by atoms with Crippen molar-refractivity contribution in [3.05, 3.63) is 89.7 Å². The minimum Gasteiger partial charge on any atom is -0.497 e. The molecule has 0 aliphatic rings. The molecule has 0 fully saturated rings. The summed E-state index contributed by atoms with van der Waals surface area (Å²) in [6.07, 6.45) is 0.625. The van der Waals surface area contributed by atoms with E-state index in [1.165, 1.54) is 5.56 Å². The number of carbonyl (C=O) groups is 1. The van der Waals surface area contributed by atoms with Crippen LogP contribution in [0.5, 0.6) is 11.5 Å². The van der Waals surface area contributed by atoms with Crippen LogP contribution in [0.25, 0.3) is 11.0 Å². The highest BCUT2D eigenvalue weighted by atomic mass is 16.5. The van der Waals surface area contributed by atoms with Gasteiger partial charge in [-0.05, 0) is 60.0 Å². The maximum absolute atomic E-state index is 12.5. The summed E-state index contributed by atoms with van der Waals surface area (Å²) in [4.78, 5) is 17.3. The monoisotopic (exact) mass is 457 g/mol. The molecule has 1 amide bonds. The number of ether oxygens (including phenoxy) is 2. The molecule has 4 rings (SSSR count). The summed E-state index contributed by atoms with van der Waals surface area (Å²) in [5, 5.41) is 2.99. The Morgan fingerprint density at radius 2 is 1.68 bits per heavy atom. The number of hydrogen-bond acceptors (Lipinski definition) is 4. The van der Waals surface area contributed by atoms with Gasteiger partial charge in [0.2, 0.25) is 0 Å². The van der Waals surface area contributed by atoms with Gasteiger partial charge >= 0.3 is 0 Å². The van der Waals surface area contributed by atoms with Gasteiger partial charge in [-0.3, -0.25) is 4.79 Å². The van der Waals surface area contributed by atoms with Crippen LogP contribution in [-0.2, 0) is 13.0 Å². The number of hydrogen-bond donors (Lipinski definition) is 1. The molecule has 0 aliphatic heterocycles. The smallest absolute Gasteiger partial charge is 0.251 e. The Labute approximate surface area is 200 Å². The number of aromatic nitrogens is 2.